The molecule has 7 nitrogen and oxygen atoms in total. The van der Waals surface area contributed by atoms with E-state index >= 15 is 0 Å². The van der Waals surface area contributed by atoms with Crippen molar-refractivity contribution in [2.75, 3.05) is 44.6 Å². The van der Waals surface area contributed by atoms with Gasteiger partial charge in [0.15, 0.2) is 0 Å². The van der Waals surface area contributed by atoms with E-state index in [0.717, 1.165) is 46.3 Å². The largest absolute Gasteiger partial charge is 0.494 e. The second kappa shape index (κ2) is 13.7. The van der Waals surface area contributed by atoms with E-state index in [1.807, 2.05) is 65.3 Å². The zero-order valence-corrected chi connectivity index (χ0v) is 21.9. The summed E-state index contributed by atoms with van der Waals surface area (Å²) < 4.78 is 11.0. The quantitative estimate of drug-likeness (QED) is 0.411. The molecule has 1 heterocycles. The number of anilines is 2. The number of rotatable bonds is 9. The van der Waals surface area contributed by atoms with Crippen molar-refractivity contribution in [1.82, 2.24) is 15.3 Å². The van der Waals surface area contributed by atoms with Crippen LogP contribution < -0.4 is 25.0 Å². The second-order valence-corrected chi connectivity index (χ2v) is 8.93. The zero-order valence-electron chi connectivity index (χ0n) is 21.9. The molecule has 190 valence electrons. The third kappa shape index (κ3) is 7.72. The van der Waals surface area contributed by atoms with Crippen LogP contribution in [-0.4, -0.2) is 50.4 Å². The summed E-state index contributed by atoms with van der Waals surface area (Å²) in [7, 11) is 5.97. The Morgan fingerprint density at radius 3 is 2.37 bits per heavy atom. The lowest BCUT2D eigenvalue weighted by Gasteiger charge is -2.23. The van der Waals surface area contributed by atoms with E-state index in [4.69, 9.17) is 14.5 Å². The number of nitrogens with zero attached hydrogens (tertiary/aromatic N) is 3. The van der Waals surface area contributed by atoms with Crippen molar-refractivity contribution in [3.05, 3.63) is 48.0 Å². The first-order chi connectivity index (χ1) is 17.0. The molecule has 1 aliphatic carbocycles. The number of hydrogen-bond donors (Lipinski definition) is 2. The van der Waals surface area contributed by atoms with Crippen LogP contribution in [0.1, 0.15) is 51.5 Å². The Balaban J connectivity index is 0.000000205. The molecule has 0 saturated heterocycles. The highest BCUT2D eigenvalue weighted by atomic mass is 16.5. The molecule has 0 aliphatic heterocycles. The van der Waals surface area contributed by atoms with Crippen molar-refractivity contribution < 1.29 is 9.47 Å². The fraction of sp³-hybridized carbons (Fsp3) is 0.500. The smallest absolute Gasteiger partial charge is 0.225 e. The molecular weight excluding hydrogens is 438 g/mol. The van der Waals surface area contributed by atoms with Gasteiger partial charge in [-0.1, -0.05) is 31.4 Å². The van der Waals surface area contributed by atoms with Gasteiger partial charge in [0.2, 0.25) is 5.95 Å². The van der Waals surface area contributed by atoms with Crippen molar-refractivity contribution in [1.29, 1.82) is 0 Å². The molecule has 3 aromatic rings. The van der Waals surface area contributed by atoms with Gasteiger partial charge in [-0.05, 0) is 64.1 Å². The van der Waals surface area contributed by atoms with Crippen LogP contribution >= 0.6 is 0 Å². The molecular formula is C28H41N5O2. The van der Waals surface area contributed by atoms with E-state index in [9.17, 15) is 0 Å². The van der Waals surface area contributed by atoms with Crippen molar-refractivity contribution in [2.24, 2.45) is 0 Å². The molecule has 0 bridgehead atoms. The number of aromatic nitrogens is 2. The van der Waals surface area contributed by atoms with Crippen LogP contribution in [-0.2, 0) is 6.54 Å². The monoisotopic (exact) mass is 479 g/mol. The third-order valence-electron chi connectivity index (χ3n) is 5.96. The topological polar surface area (TPSA) is 71.5 Å². The normalized spacial score (nSPS) is 13.6. The average Bonchev–Trinajstić information content (AvgIpc) is 2.86. The fourth-order valence-corrected chi connectivity index (χ4v) is 4.33. The Morgan fingerprint density at radius 1 is 0.943 bits per heavy atom. The maximum absolute atomic E-state index is 5.53. The van der Waals surface area contributed by atoms with Crippen LogP contribution in [0.2, 0.25) is 0 Å². The van der Waals surface area contributed by atoms with Gasteiger partial charge < -0.3 is 25.0 Å². The molecule has 35 heavy (non-hydrogen) atoms. The molecule has 2 N–H and O–H groups in total. The SMILES string of the molecule is CCOc1ccc(OCC)c(CNC)c1.CN(C)c1nc(NC2CCCCC2)nc2ccccc12. The molecule has 4 rings (SSSR count). The highest BCUT2D eigenvalue weighted by molar-refractivity contribution is 5.90. The summed E-state index contributed by atoms with van der Waals surface area (Å²) in [6.07, 6.45) is 6.44. The Hall–Kier alpha value is -3.06. The molecule has 0 unspecified atom stereocenters. The number of nitrogens with one attached hydrogen (secondary N) is 2. The minimum absolute atomic E-state index is 0.528. The first-order valence-electron chi connectivity index (χ1n) is 12.8. The van der Waals surface area contributed by atoms with E-state index < -0.39 is 0 Å². The summed E-state index contributed by atoms with van der Waals surface area (Å²) in [6, 6.07) is 14.6. The molecule has 1 fully saturated rings. The lowest BCUT2D eigenvalue weighted by molar-refractivity contribution is 0.327. The Bertz CT molecular complexity index is 1050. The van der Waals surface area contributed by atoms with Crippen LogP contribution in [0.15, 0.2) is 42.5 Å². The molecule has 0 spiro atoms. The van der Waals surface area contributed by atoms with Crippen molar-refractivity contribution in [3.8, 4) is 11.5 Å². The van der Waals surface area contributed by atoms with E-state index in [2.05, 4.69) is 32.7 Å². The van der Waals surface area contributed by atoms with Crippen molar-refractivity contribution >= 4 is 22.7 Å². The van der Waals surface area contributed by atoms with E-state index in [-0.39, 0.29) is 0 Å². The van der Waals surface area contributed by atoms with Crippen molar-refractivity contribution in [3.63, 3.8) is 0 Å². The van der Waals surface area contributed by atoms with Crippen LogP contribution in [0.4, 0.5) is 11.8 Å². The first-order valence-corrected chi connectivity index (χ1v) is 12.8. The molecule has 0 radical (unpaired) electrons. The summed E-state index contributed by atoms with van der Waals surface area (Å²) >= 11 is 0. The van der Waals surface area contributed by atoms with Gasteiger partial charge in [-0.2, -0.15) is 4.98 Å². The lowest BCUT2D eigenvalue weighted by Crippen LogP contribution is -2.24. The van der Waals surface area contributed by atoms with E-state index in [1.54, 1.807) is 0 Å². The number of hydrogen-bond acceptors (Lipinski definition) is 7. The first kappa shape index (κ1) is 26.5. The van der Waals surface area contributed by atoms with Crippen LogP contribution in [0.5, 0.6) is 11.5 Å². The third-order valence-corrected chi connectivity index (χ3v) is 5.96. The number of benzene rings is 2. The van der Waals surface area contributed by atoms with Crippen LogP contribution in [0.3, 0.4) is 0 Å². The van der Waals surface area contributed by atoms with Gasteiger partial charge in [-0.25, -0.2) is 4.98 Å². The van der Waals surface area contributed by atoms with Gasteiger partial charge in [0.25, 0.3) is 0 Å². The Labute approximate surface area is 210 Å². The minimum atomic E-state index is 0.528. The molecule has 0 amide bonds. The highest BCUT2D eigenvalue weighted by Gasteiger charge is 2.16. The summed E-state index contributed by atoms with van der Waals surface area (Å²) in [5.74, 6) is 3.56. The van der Waals surface area contributed by atoms with Crippen molar-refractivity contribution in [2.45, 2.75) is 58.5 Å². The summed E-state index contributed by atoms with van der Waals surface area (Å²) in [6.45, 7) is 6.13. The van der Waals surface area contributed by atoms with Crippen LogP contribution in [0, 0.1) is 0 Å². The van der Waals surface area contributed by atoms with E-state index in [0.29, 0.717) is 19.3 Å². The summed E-state index contributed by atoms with van der Waals surface area (Å²) in [4.78, 5) is 11.4. The van der Waals surface area contributed by atoms with Gasteiger partial charge in [-0.3, -0.25) is 0 Å². The predicted molar refractivity (Wildman–Crippen MR) is 146 cm³/mol. The van der Waals surface area contributed by atoms with Crippen LogP contribution in [0.25, 0.3) is 10.9 Å². The predicted octanol–water partition coefficient (Wildman–Crippen LogP) is 5.64. The maximum Gasteiger partial charge on any atom is 0.225 e. The Morgan fingerprint density at radius 2 is 1.69 bits per heavy atom. The lowest BCUT2D eigenvalue weighted by atomic mass is 9.96. The zero-order chi connectivity index (χ0) is 25.0. The molecule has 2 aromatic carbocycles. The minimum Gasteiger partial charge on any atom is -0.494 e. The summed E-state index contributed by atoms with van der Waals surface area (Å²) in [5.41, 5.74) is 2.13. The maximum atomic E-state index is 5.53. The standard InChI is InChI=1S/C16H22N4.C12H19NO2/c1-20(2)15-13-10-6-7-11-14(13)18-16(19-15)17-12-8-4-3-5-9-12;1-4-14-11-6-7-12(15-5-2)10(8-11)9-13-3/h6-7,10-12H,3-5,8-9H2,1-2H3,(H,17,18,19);6-8,13H,4-5,9H2,1-3H3. The highest BCUT2D eigenvalue weighted by Crippen LogP contribution is 2.26. The molecule has 0 atom stereocenters. The molecule has 1 aliphatic rings. The molecule has 1 aromatic heterocycles. The van der Waals surface area contributed by atoms with E-state index in [1.165, 1.54) is 32.1 Å². The van der Waals surface area contributed by atoms with Gasteiger partial charge >= 0.3 is 0 Å². The molecule has 1 saturated carbocycles. The number of ether oxygens (including phenoxy) is 2. The average molecular weight is 480 g/mol. The van der Waals surface area contributed by atoms with Gasteiger partial charge in [0.05, 0.1) is 18.7 Å². The number of para-hydroxylation sites is 1. The number of fused-ring (bicyclic) bond motifs is 1. The second-order valence-electron chi connectivity index (χ2n) is 8.93. The van der Waals surface area contributed by atoms with Gasteiger partial charge in [0.1, 0.15) is 17.3 Å². The fourth-order valence-electron chi connectivity index (χ4n) is 4.33. The summed E-state index contributed by atoms with van der Waals surface area (Å²) in [5, 5.41) is 7.74. The molecule has 7 heteroatoms. The van der Waals surface area contributed by atoms with Gasteiger partial charge in [-0.15, -0.1) is 0 Å². The van der Waals surface area contributed by atoms with Gasteiger partial charge in [0, 0.05) is 37.6 Å². The Kier molecular flexibility index (Phi) is 10.4.